The minimum absolute atomic E-state index is 0.736. The van der Waals surface area contributed by atoms with Gasteiger partial charge in [0.05, 0.1) is 7.11 Å². The number of likely N-dealkylation sites (N-methyl/N-ethyl adjacent to an activating group) is 1. The third-order valence-electron chi connectivity index (χ3n) is 4.80. The molecule has 146 valence electrons. The van der Waals surface area contributed by atoms with Crippen LogP contribution in [0, 0.1) is 0 Å². The molecule has 0 atom stereocenters. The number of nitrogens with zero attached hydrogens (tertiary/aromatic N) is 3. The van der Waals surface area contributed by atoms with Gasteiger partial charge in [-0.2, -0.15) is 0 Å². The van der Waals surface area contributed by atoms with E-state index >= 15 is 0 Å². The van der Waals surface area contributed by atoms with Crippen molar-refractivity contribution in [2.45, 2.75) is 13.3 Å². The Kier molecular flexibility index (Phi) is 9.01. The second kappa shape index (κ2) is 11.3. The summed E-state index contributed by atoms with van der Waals surface area (Å²) in [6.07, 6.45) is 0.836. The molecule has 1 aromatic rings. The monoisotopic (exact) mass is 381 g/mol. The van der Waals surface area contributed by atoms with E-state index in [-0.39, 0.29) is 0 Å². The number of hydrogen-bond donors (Lipinski definition) is 2. The molecule has 0 radical (unpaired) electrons. The highest BCUT2D eigenvalue weighted by Crippen LogP contribution is 2.22. The third-order valence-corrected chi connectivity index (χ3v) is 5.16. The predicted molar refractivity (Wildman–Crippen MR) is 110 cm³/mol. The summed E-state index contributed by atoms with van der Waals surface area (Å²) in [5, 5.41) is 7.48. The first-order valence-corrected chi connectivity index (χ1v) is 9.75. The number of methoxy groups -OCH3 is 1. The van der Waals surface area contributed by atoms with Crippen molar-refractivity contribution in [3.8, 4) is 5.75 Å². The van der Waals surface area contributed by atoms with Crippen LogP contribution in [0.15, 0.2) is 23.2 Å². The summed E-state index contributed by atoms with van der Waals surface area (Å²) in [6, 6.07) is 5.80. The molecule has 0 aromatic heterocycles. The predicted octanol–water partition coefficient (Wildman–Crippen LogP) is 1.69. The summed E-state index contributed by atoms with van der Waals surface area (Å²) in [7, 11) is 3.45. The topological polar surface area (TPSA) is 52.1 Å². The van der Waals surface area contributed by atoms with Gasteiger partial charge in [-0.05, 0) is 30.7 Å². The normalized spacial score (nSPS) is 16.5. The Hall–Kier alpha value is -1.50. The van der Waals surface area contributed by atoms with Crippen LogP contribution >= 0.6 is 11.6 Å². The van der Waals surface area contributed by atoms with E-state index in [4.69, 9.17) is 16.3 Å². The molecule has 2 N–H and O–H groups in total. The Morgan fingerprint density at radius 2 is 1.85 bits per heavy atom. The van der Waals surface area contributed by atoms with E-state index in [2.05, 4.69) is 32.3 Å². The summed E-state index contributed by atoms with van der Waals surface area (Å²) >= 11 is 6.29. The molecule has 0 unspecified atom stereocenters. The zero-order valence-electron chi connectivity index (χ0n) is 16.2. The van der Waals surface area contributed by atoms with Crippen molar-refractivity contribution in [3.05, 3.63) is 28.8 Å². The van der Waals surface area contributed by atoms with Crippen LogP contribution in [-0.4, -0.2) is 82.3 Å². The van der Waals surface area contributed by atoms with Crippen LogP contribution in [0.5, 0.6) is 5.75 Å². The maximum atomic E-state index is 6.29. The van der Waals surface area contributed by atoms with E-state index in [0.717, 1.165) is 68.0 Å². The number of nitrogens with one attached hydrogen (secondary N) is 2. The van der Waals surface area contributed by atoms with Crippen LogP contribution in [0.25, 0.3) is 0 Å². The first-order chi connectivity index (χ1) is 12.7. The lowest BCUT2D eigenvalue weighted by molar-refractivity contribution is 0.139. The number of benzene rings is 1. The Labute approximate surface area is 162 Å². The Morgan fingerprint density at radius 3 is 2.46 bits per heavy atom. The molecule has 1 aliphatic rings. The maximum absolute atomic E-state index is 6.29. The molecular formula is C19H32ClN5O. The number of halogens is 1. The lowest BCUT2D eigenvalue weighted by Gasteiger charge is -2.34. The van der Waals surface area contributed by atoms with Gasteiger partial charge in [-0.3, -0.25) is 9.89 Å². The molecule has 1 aliphatic heterocycles. The largest absolute Gasteiger partial charge is 0.497 e. The van der Waals surface area contributed by atoms with Crippen molar-refractivity contribution in [1.29, 1.82) is 0 Å². The fraction of sp³-hybridized carbons (Fsp3) is 0.632. The molecule has 2 rings (SSSR count). The van der Waals surface area contributed by atoms with Gasteiger partial charge in [0.15, 0.2) is 5.96 Å². The second-order valence-electron chi connectivity index (χ2n) is 6.41. The summed E-state index contributed by atoms with van der Waals surface area (Å²) < 4.78 is 5.18. The molecule has 6 nitrogen and oxygen atoms in total. The van der Waals surface area contributed by atoms with Crippen molar-refractivity contribution in [1.82, 2.24) is 20.4 Å². The van der Waals surface area contributed by atoms with E-state index < -0.39 is 0 Å². The SMILES string of the molecule is CCN1CCN(CCNC(=NC)NCCc2ccc(OC)cc2Cl)CC1. The van der Waals surface area contributed by atoms with Gasteiger partial charge < -0.3 is 20.3 Å². The smallest absolute Gasteiger partial charge is 0.191 e. The first kappa shape index (κ1) is 20.8. The van der Waals surface area contributed by atoms with Gasteiger partial charge in [0, 0.05) is 57.9 Å². The van der Waals surface area contributed by atoms with Gasteiger partial charge in [0.2, 0.25) is 0 Å². The fourth-order valence-corrected chi connectivity index (χ4v) is 3.32. The summed E-state index contributed by atoms with van der Waals surface area (Å²) in [6.45, 7) is 10.7. The lowest BCUT2D eigenvalue weighted by Crippen LogP contribution is -2.49. The van der Waals surface area contributed by atoms with Gasteiger partial charge in [-0.15, -0.1) is 0 Å². The summed E-state index contributed by atoms with van der Waals surface area (Å²) in [5.74, 6) is 1.62. The average Bonchev–Trinajstić information content (AvgIpc) is 2.68. The van der Waals surface area contributed by atoms with Crippen molar-refractivity contribution >= 4 is 17.6 Å². The molecule has 26 heavy (non-hydrogen) atoms. The standard InChI is InChI=1S/C19H32ClN5O/c1-4-24-11-13-25(14-12-24)10-9-23-19(21-2)22-8-7-16-5-6-17(26-3)15-18(16)20/h5-6,15H,4,7-14H2,1-3H3,(H2,21,22,23). The third kappa shape index (κ3) is 6.67. The molecule has 7 heteroatoms. The number of ether oxygens (including phenoxy) is 1. The van der Waals surface area contributed by atoms with Crippen molar-refractivity contribution in [3.63, 3.8) is 0 Å². The number of guanidine groups is 1. The van der Waals surface area contributed by atoms with Crippen molar-refractivity contribution in [2.24, 2.45) is 4.99 Å². The van der Waals surface area contributed by atoms with E-state index in [0.29, 0.717) is 0 Å². The van der Waals surface area contributed by atoms with E-state index in [9.17, 15) is 0 Å². The van der Waals surface area contributed by atoms with Gasteiger partial charge in [0.1, 0.15) is 5.75 Å². The molecule has 1 aromatic carbocycles. The van der Waals surface area contributed by atoms with E-state index in [1.165, 1.54) is 13.1 Å². The minimum atomic E-state index is 0.736. The van der Waals surface area contributed by atoms with Crippen molar-refractivity contribution in [2.75, 3.05) is 66.5 Å². The Bertz CT molecular complexity index is 573. The van der Waals surface area contributed by atoms with Crippen LogP contribution in [0.3, 0.4) is 0 Å². The molecule has 0 amide bonds. The zero-order chi connectivity index (χ0) is 18.8. The average molecular weight is 382 g/mol. The highest BCUT2D eigenvalue weighted by Gasteiger charge is 2.14. The number of hydrogen-bond acceptors (Lipinski definition) is 4. The van der Waals surface area contributed by atoms with Crippen LogP contribution in [-0.2, 0) is 6.42 Å². The highest BCUT2D eigenvalue weighted by molar-refractivity contribution is 6.31. The molecule has 1 heterocycles. The number of piperazine rings is 1. The second-order valence-corrected chi connectivity index (χ2v) is 6.82. The van der Waals surface area contributed by atoms with Crippen molar-refractivity contribution < 1.29 is 4.74 Å². The molecule has 0 spiro atoms. The molecule has 0 bridgehead atoms. The van der Waals surface area contributed by atoms with Gasteiger partial charge in [0.25, 0.3) is 0 Å². The highest BCUT2D eigenvalue weighted by atomic mass is 35.5. The minimum Gasteiger partial charge on any atom is -0.497 e. The quantitative estimate of drug-likeness (QED) is 0.530. The van der Waals surface area contributed by atoms with E-state index in [1.807, 2.05) is 18.2 Å². The van der Waals surface area contributed by atoms with Crippen LogP contribution in [0.4, 0.5) is 0 Å². The number of rotatable bonds is 8. The molecule has 0 aliphatic carbocycles. The molecule has 1 saturated heterocycles. The van der Waals surface area contributed by atoms with Gasteiger partial charge in [-0.25, -0.2) is 0 Å². The zero-order valence-corrected chi connectivity index (χ0v) is 17.0. The van der Waals surface area contributed by atoms with Gasteiger partial charge in [-0.1, -0.05) is 24.6 Å². The first-order valence-electron chi connectivity index (χ1n) is 9.38. The Morgan fingerprint density at radius 1 is 1.15 bits per heavy atom. The van der Waals surface area contributed by atoms with Crippen LogP contribution < -0.4 is 15.4 Å². The molecule has 1 fully saturated rings. The number of aliphatic imine (C=N–C) groups is 1. The maximum Gasteiger partial charge on any atom is 0.191 e. The van der Waals surface area contributed by atoms with Crippen LogP contribution in [0.1, 0.15) is 12.5 Å². The Balaban J connectivity index is 1.65. The molecule has 0 saturated carbocycles. The van der Waals surface area contributed by atoms with Crippen LogP contribution in [0.2, 0.25) is 5.02 Å². The fourth-order valence-electron chi connectivity index (χ4n) is 3.06. The summed E-state index contributed by atoms with van der Waals surface area (Å²) in [5.41, 5.74) is 1.10. The summed E-state index contributed by atoms with van der Waals surface area (Å²) in [4.78, 5) is 9.29. The molecular weight excluding hydrogens is 350 g/mol. The lowest BCUT2D eigenvalue weighted by atomic mass is 10.1. The van der Waals surface area contributed by atoms with E-state index in [1.54, 1.807) is 14.2 Å². The van der Waals surface area contributed by atoms with Gasteiger partial charge >= 0.3 is 0 Å².